The highest BCUT2D eigenvalue weighted by Crippen LogP contribution is 2.23. The molecule has 1 amide bonds. The van der Waals surface area contributed by atoms with Crippen molar-refractivity contribution in [3.8, 4) is 5.69 Å². The fourth-order valence-electron chi connectivity index (χ4n) is 2.17. The van der Waals surface area contributed by atoms with Crippen LogP contribution in [0.25, 0.3) is 16.6 Å². The SMILES string of the molecule is NCc1cnc2ccccc2c1-n1ccc(C(N)=O)n1. The molecule has 0 spiro atoms. The molecule has 0 saturated carbocycles. The summed E-state index contributed by atoms with van der Waals surface area (Å²) in [6, 6.07) is 9.28. The van der Waals surface area contributed by atoms with E-state index in [1.165, 1.54) is 0 Å². The molecule has 20 heavy (non-hydrogen) atoms. The number of amides is 1. The van der Waals surface area contributed by atoms with Gasteiger partial charge in [-0.2, -0.15) is 5.10 Å². The third kappa shape index (κ3) is 1.92. The van der Waals surface area contributed by atoms with E-state index in [9.17, 15) is 4.79 Å². The first kappa shape index (κ1) is 12.3. The fourth-order valence-corrected chi connectivity index (χ4v) is 2.17. The predicted molar refractivity (Wildman–Crippen MR) is 75.3 cm³/mol. The van der Waals surface area contributed by atoms with Gasteiger partial charge >= 0.3 is 0 Å². The van der Waals surface area contributed by atoms with E-state index >= 15 is 0 Å². The summed E-state index contributed by atoms with van der Waals surface area (Å²) in [5, 5.41) is 5.12. The summed E-state index contributed by atoms with van der Waals surface area (Å²) in [5.74, 6) is -0.559. The van der Waals surface area contributed by atoms with E-state index in [-0.39, 0.29) is 5.69 Å². The Bertz CT molecular complexity index is 793. The van der Waals surface area contributed by atoms with Gasteiger partial charge in [0.1, 0.15) is 5.69 Å². The lowest BCUT2D eigenvalue weighted by atomic mass is 10.1. The first-order chi connectivity index (χ1) is 9.70. The second-order valence-corrected chi connectivity index (χ2v) is 4.36. The largest absolute Gasteiger partial charge is 0.364 e. The molecule has 0 atom stereocenters. The molecule has 3 aromatic rings. The van der Waals surface area contributed by atoms with Crippen LogP contribution in [0.1, 0.15) is 16.1 Å². The predicted octanol–water partition coefficient (Wildman–Crippen LogP) is 0.978. The smallest absolute Gasteiger partial charge is 0.269 e. The maximum Gasteiger partial charge on any atom is 0.269 e. The highest BCUT2D eigenvalue weighted by Gasteiger charge is 2.12. The topological polar surface area (TPSA) is 99.8 Å². The highest BCUT2D eigenvalue weighted by molar-refractivity contribution is 5.91. The number of hydrogen-bond donors (Lipinski definition) is 2. The molecule has 0 aliphatic carbocycles. The number of nitrogens with zero attached hydrogens (tertiary/aromatic N) is 3. The van der Waals surface area contributed by atoms with E-state index < -0.39 is 5.91 Å². The fraction of sp³-hybridized carbons (Fsp3) is 0.0714. The molecule has 3 rings (SSSR count). The molecule has 2 aromatic heterocycles. The third-order valence-electron chi connectivity index (χ3n) is 3.11. The monoisotopic (exact) mass is 267 g/mol. The van der Waals surface area contributed by atoms with Crippen LogP contribution in [0.3, 0.4) is 0 Å². The molecule has 4 N–H and O–H groups in total. The van der Waals surface area contributed by atoms with Crippen molar-refractivity contribution in [2.45, 2.75) is 6.54 Å². The average molecular weight is 267 g/mol. The Balaban J connectivity index is 2.29. The van der Waals surface area contributed by atoms with Crippen molar-refractivity contribution < 1.29 is 4.79 Å². The number of aromatic nitrogens is 3. The molecule has 6 heteroatoms. The van der Waals surface area contributed by atoms with Crippen LogP contribution in [0.5, 0.6) is 0 Å². The van der Waals surface area contributed by atoms with Crippen molar-refractivity contribution in [1.82, 2.24) is 14.8 Å². The zero-order valence-electron chi connectivity index (χ0n) is 10.7. The van der Waals surface area contributed by atoms with Crippen LogP contribution < -0.4 is 11.5 Å². The Kier molecular flexibility index (Phi) is 2.92. The van der Waals surface area contributed by atoms with E-state index in [0.29, 0.717) is 6.54 Å². The van der Waals surface area contributed by atoms with E-state index in [1.54, 1.807) is 23.1 Å². The zero-order valence-corrected chi connectivity index (χ0v) is 10.7. The van der Waals surface area contributed by atoms with Crippen molar-refractivity contribution in [2.75, 3.05) is 0 Å². The molecule has 0 saturated heterocycles. The maximum atomic E-state index is 11.2. The number of carbonyl (C=O) groups is 1. The molecule has 0 unspecified atom stereocenters. The Labute approximate surface area is 115 Å². The lowest BCUT2D eigenvalue weighted by Crippen LogP contribution is -2.13. The summed E-state index contributed by atoms with van der Waals surface area (Å²) in [5.41, 5.74) is 13.7. The van der Waals surface area contributed by atoms with Gasteiger partial charge in [-0.15, -0.1) is 0 Å². The molecule has 0 radical (unpaired) electrons. The van der Waals surface area contributed by atoms with Crippen molar-refractivity contribution in [3.63, 3.8) is 0 Å². The van der Waals surface area contributed by atoms with Crippen LogP contribution in [0.2, 0.25) is 0 Å². The number of pyridine rings is 1. The van der Waals surface area contributed by atoms with Crippen molar-refractivity contribution in [3.05, 3.63) is 54.0 Å². The molecular formula is C14H13N5O. The van der Waals surface area contributed by atoms with Gasteiger partial charge in [-0.05, 0) is 12.1 Å². The average Bonchev–Trinajstić information content (AvgIpc) is 2.95. The maximum absolute atomic E-state index is 11.2. The van der Waals surface area contributed by atoms with Gasteiger partial charge in [0.05, 0.1) is 11.2 Å². The Morgan fingerprint density at radius 2 is 2.05 bits per heavy atom. The van der Waals surface area contributed by atoms with Crippen molar-refractivity contribution in [1.29, 1.82) is 0 Å². The quantitative estimate of drug-likeness (QED) is 0.738. The number of primary amides is 1. The normalized spacial score (nSPS) is 10.8. The molecule has 6 nitrogen and oxygen atoms in total. The first-order valence-corrected chi connectivity index (χ1v) is 6.13. The number of rotatable bonds is 3. The minimum Gasteiger partial charge on any atom is -0.364 e. The van der Waals surface area contributed by atoms with Crippen LogP contribution in [0, 0.1) is 0 Å². The summed E-state index contributed by atoms with van der Waals surface area (Å²) in [4.78, 5) is 15.5. The summed E-state index contributed by atoms with van der Waals surface area (Å²) in [6.45, 7) is 0.332. The van der Waals surface area contributed by atoms with Gasteiger partial charge in [0.15, 0.2) is 0 Å². The van der Waals surface area contributed by atoms with E-state index in [2.05, 4.69) is 10.1 Å². The summed E-state index contributed by atoms with van der Waals surface area (Å²) < 4.78 is 1.62. The van der Waals surface area contributed by atoms with Crippen molar-refractivity contribution in [2.24, 2.45) is 11.5 Å². The third-order valence-corrected chi connectivity index (χ3v) is 3.11. The van der Waals surface area contributed by atoms with Crippen LogP contribution in [-0.2, 0) is 6.54 Å². The standard InChI is InChI=1S/C14H13N5O/c15-7-9-8-17-11-4-2-1-3-10(11)13(9)19-6-5-12(18-19)14(16)20/h1-6,8H,7,15H2,(H2,16,20). The Morgan fingerprint density at radius 1 is 1.25 bits per heavy atom. The Hall–Kier alpha value is -2.73. The number of fused-ring (bicyclic) bond motifs is 1. The van der Waals surface area contributed by atoms with E-state index in [1.807, 2.05) is 24.3 Å². The van der Waals surface area contributed by atoms with Crippen molar-refractivity contribution >= 4 is 16.8 Å². The molecule has 0 fully saturated rings. The van der Waals surface area contributed by atoms with Crippen LogP contribution in [-0.4, -0.2) is 20.7 Å². The second-order valence-electron chi connectivity index (χ2n) is 4.36. The molecule has 0 aliphatic heterocycles. The van der Waals surface area contributed by atoms with Crippen LogP contribution in [0.15, 0.2) is 42.7 Å². The summed E-state index contributed by atoms with van der Waals surface area (Å²) in [6.07, 6.45) is 3.42. The lowest BCUT2D eigenvalue weighted by molar-refractivity contribution is 0.0995. The number of benzene rings is 1. The molecule has 2 heterocycles. The van der Waals surface area contributed by atoms with Gasteiger partial charge in [-0.25, -0.2) is 4.68 Å². The second kappa shape index (κ2) is 4.75. The van der Waals surface area contributed by atoms with Gasteiger partial charge in [0.2, 0.25) is 0 Å². The van der Waals surface area contributed by atoms with Crippen LogP contribution in [0.4, 0.5) is 0 Å². The summed E-state index contributed by atoms with van der Waals surface area (Å²) >= 11 is 0. The minimum atomic E-state index is -0.559. The van der Waals surface area contributed by atoms with E-state index in [4.69, 9.17) is 11.5 Å². The zero-order chi connectivity index (χ0) is 14.1. The number of nitrogens with two attached hydrogens (primary N) is 2. The Morgan fingerprint density at radius 3 is 2.75 bits per heavy atom. The minimum absolute atomic E-state index is 0.217. The molecular weight excluding hydrogens is 254 g/mol. The van der Waals surface area contributed by atoms with Gasteiger partial charge in [0, 0.05) is 29.9 Å². The molecule has 0 bridgehead atoms. The number of para-hydroxylation sites is 1. The molecule has 0 aliphatic rings. The van der Waals surface area contributed by atoms with Gasteiger partial charge in [-0.1, -0.05) is 18.2 Å². The lowest BCUT2D eigenvalue weighted by Gasteiger charge is -2.11. The highest BCUT2D eigenvalue weighted by atomic mass is 16.1. The van der Waals surface area contributed by atoms with Gasteiger partial charge < -0.3 is 11.5 Å². The van der Waals surface area contributed by atoms with Gasteiger partial charge in [0.25, 0.3) is 5.91 Å². The first-order valence-electron chi connectivity index (χ1n) is 6.13. The number of hydrogen-bond acceptors (Lipinski definition) is 4. The molecule has 100 valence electrons. The van der Waals surface area contributed by atoms with E-state index in [0.717, 1.165) is 22.2 Å². The summed E-state index contributed by atoms with van der Waals surface area (Å²) in [7, 11) is 0. The molecule has 1 aromatic carbocycles. The van der Waals surface area contributed by atoms with Gasteiger partial charge in [-0.3, -0.25) is 9.78 Å². The van der Waals surface area contributed by atoms with Crippen LogP contribution >= 0.6 is 0 Å². The number of carbonyl (C=O) groups excluding carboxylic acids is 1.